The molecule has 0 aliphatic rings. The average Bonchev–Trinajstić information content (AvgIpc) is 2.27. The monoisotopic (exact) mass is 285 g/mol. The van der Waals surface area contributed by atoms with E-state index in [0.29, 0.717) is 0 Å². The van der Waals surface area contributed by atoms with Gasteiger partial charge in [0.1, 0.15) is 5.37 Å². The number of benzene rings is 1. The summed E-state index contributed by atoms with van der Waals surface area (Å²) in [5.74, 6) is 0. The Morgan fingerprint density at radius 1 is 1.16 bits per heavy atom. The van der Waals surface area contributed by atoms with Gasteiger partial charge in [0.25, 0.3) is 0 Å². The number of aryl methyl sites for hydroxylation is 1. The Morgan fingerprint density at radius 2 is 1.68 bits per heavy atom. The smallest absolute Gasteiger partial charge is 0.194 e. The molecule has 0 saturated carbocycles. The van der Waals surface area contributed by atoms with E-state index < -0.39 is 21.3 Å². The largest absolute Gasteiger partial charge is 0.393 e. The molecule has 108 valence electrons. The predicted molar refractivity (Wildman–Crippen MR) is 76.7 cm³/mol. The van der Waals surface area contributed by atoms with Gasteiger partial charge in [0.15, 0.2) is 9.84 Å². The topological polar surface area (TPSA) is 66.4 Å². The standard InChI is InChI=1S/C14H23NO3S/c1-10(2)15-14(9-12(4)16)19(17,18)13-7-5-11(3)6-8-13/h5-8,10,12,14-16H,9H2,1-4H3. The number of rotatable bonds is 6. The lowest BCUT2D eigenvalue weighted by atomic mass is 10.2. The molecular weight excluding hydrogens is 262 g/mol. The van der Waals surface area contributed by atoms with Crippen LogP contribution >= 0.6 is 0 Å². The van der Waals surface area contributed by atoms with E-state index in [0.717, 1.165) is 5.56 Å². The van der Waals surface area contributed by atoms with Crippen LogP contribution in [0.4, 0.5) is 0 Å². The molecule has 0 fully saturated rings. The third kappa shape index (κ3) is 4.60. The minimum absolute atomic E-state index is 0.0315. The van der Waals surface area contributed by atoms with Gasteiger partial charge in [-0.25, -0.2) is 8.42 Å². The molecule has 1 rings (SSSR count). The summed E-state index contributed by atoms with van der Waals surface area (Å²) in [6.45, 7) is 7.29. The highest BCUT2D eigenvalue weighted by molar-refractivity contribution is 7.92. The highest BCUT2D eigenvalue weighted by atomic mass is 32.2. The van der Waals surface area contributed by atoms with Crippen molar-refractivity contribution in [2.75, 3.05) is 0 Å². The first-order valence-electron chi connectivity index (χ1n) is 6.48. The van der Waals surface area contributed by atoms with E-state index in [4.69, 9.17) is 0 Å². The first-order chi connectivity index (χ1) is 8.73. The molecule has 0 aliphatic carbocycles. The highest BCUT2D eigenvalue weighted by Gasteiger charge is 2.28. The first-order valence-corrected chi connectivity index (χ1v) is 8.02. The molecule has 2 atom stereocenters. The van der Waals surface area contributed by atoms with Crippen LogP contribution in [0, 0.1) is 6.92 Å². The third-order valence-corrected chi connectivity index (χ3v) is 4.81. The number of aliphatic hydroxyl groups excluding tert-OH is 1. The fourth-order valence-electron chi connectivity index (χ4n) is 1.86. The molecule has 0 aromatic heterocycles. The van der Waals surface area contributed by atoms with Crippen LogP contribution in [0.1, 0.15) is 32.8 Å². The molecule has 2 N–H and O–H groups in total. The zero-order valence-electron chi connectivity index (χ0n) is 11.9. The van der Waals surface area contributed by atoms with Crippen LogP contribution in [-0.4, -0.2) is 31.0 Å². The van der Waals surface area contributed by atoms with Crippen molar-refractivity contribution in [2.45, 2.75) is 56.5 Å². The second kappa shape index (κ2) is 6.50. The van der Waals surface area contributed by atoms with Gasteiger partial charge in [-0.2, -0.15) is 0 Å². The fourth-order valence-corrected chi connectivity index (χ4v) is 3.69. The van der Waals surface area contributed by atoms with E-state index in [2.05, 4.69) is 5.32 Å². The third-order valence-electron chi connectivity index (χ3n) is 2.80. The minimum atomic E-state index is -3.48. The van der Waals surface area contributed by atoms with Gasteiger partial charge < -0.3 is 5.11 Å². The van der Waals surface area contributed by atoms with Crippen molar-refractivity contribution in [3.05, 3.63) is 29.8 Å². The van der Waals surface area contributed by atoms with Gasteiger partial charge in [-0.05, 0) is 39.8 Å². The second-order valence-electron chi connectivity index (χ2n) is 5.25. The quantitative estimate of drug-likeness (QED) is 0.837. The van der Waals surface area contributed by atoms with Crippen LogP contribution in [-0.2, 0) is 9.84 Å². The summed E-state index contributed by atoms with van der Waals surface area (Å²) in [7, 11) is -3.48. The molecule has 4 nitrogen and oxygen atoms in total. The van der Waals surface area contributed by atoms with Crippen LogP contribution in [0.2, 0.25) is 0 Å². The van der Waals surface area contributed by atoms with Gasteiger partial charge in [-0.1, -0.05) is 17.7 Å². The summed E-state index contributed by atoms with van der Waals surface area (Å²) in [5.41, 5.74) is 1.02. The van der Waals surface area contributed by atoms with Crippen molar-refractivity contribution in [3.63, 3.8) is 0 Å². The van der Waals surface area contributed by atoms with E-state index in [1.807, 2.05) is 20.8 Å². The fraction of sp³-hybridized carbons (Fsp3) is 0.571. The first kappa shape index (κ1) is 16.1. The predicted octanol–water partition coefficient (Wildman–Crippen LogP) is 1.86. The molecule has 1 aromatic carbocycles. The summed E-state index contributed by atoms with van der Waals surface area (Å²) < 4.78 is 25.1. The zero-order valence-corrected chi connectivity index (χ0v) is 12.7. The minimum Gasteiger partial charge on any atom is -0.393 e. The number of nitrogens with one attached hydrogen (secondary N) is 1. The average molecular weight is 285 g/mol. The lowest BCUT2D eigenvalue weighted by Gasteiger charge is -2.22. The van der Waals surface area contributed by atoms with Crippen LogP contribution in [0.25, 0.3) is 0 Å². The van der Waals surface area contributed by atoms with Crippen molar-refractivity contribution in [2.24, 2.45) is 0 Å². The Labute approximate surface area is 115 Å². The normalized spacial score (nSPS) is 15.5. The lowest BCUT2D eigenvalue weighted by molar-refractivity contribution is 0.177. The Balaban J connectivity index is 3.07. The van der Waals surface area contributed by atoms with E-state index in [9.17, 15) is 13.5 Å². The van der Waals surface area contributed by atoms with Gasteiger partial charge in [0.05, 0.1) is 11.0 Å². The molecule has 0 bridgehead atoms. The molecule has 19 heavy (non-hydrogen) atoms. The van der Waals surface area contributed by atoms with Gasteiger partial charge in [0.2, 0.25) is 0 Å². The van der Waals surface area contributed by atoms with Crippen molar-refractivity contribution in [1.82, 2.24) is 5.32 Å². The van der Waals surface area contributed by atoms with Crippen LogP contribution in [0.3, 0.4) is 0 Å². The van der Waals surface area contributed by atoms with Gasteiger partial charge >= 0.3 is 0 Å². The Bertz CT molecular complexity index is 482. The number of sulfone groups is 1. The molecule has 0 aliphatic heterocycles. The maximum atomic E-state index is 12.5. The molecule has 0 amide bonds. The Kier molecular flexibility index (Phi) is 5.52. The van der Waals surface area contributed by atoms with E-state index in [1.54, 1.807) is 31.2 Å². The van der Waals surface area contributed by atoms with Crippen molar-refractivity contribution in [1.29, 1.82) is 0 Å². The van der Waals surface area contributed by atoms with Crippen LogP contribution < -0.4 is 5.32 Å². The maximum absolute atomic E-state index is 12.5. The SMILES string of the molecule is Cc1ccc(S(=O)(=O)C(CC(C)O)NC(C)C)cc1. The van der Waals surface area contributed by atoms with Gasteiger partial charge in [-0.15, -0.1) is 0 Å². The van der Waals surface area contributed by atoms with Crippen molar-refractivity contribution < 1.29 is 13.5 Å². The Morgan fingerprint density at radius 3 is 2.11 bits per heavy atom. The molecule has 0 heterocycles. The number of hydrogen-bond donors (Lipinski definition) is 2. The molecule has 1 aromatic rings. The molecule has 2 unspecified atom stereocenters. The zero-order chi connectivity index (χ0) is 14.6. The number of hydrogen-bond acceptors (Lipinski definition) is 4. The van der Waals surface area contributed by atoms with Crippen molar-refractivity contribution >= 4 is 9.84 Å². The summed E-state index contributed by atoms with van der Waals surface area (Å²) in [6.07, 6.45) is -0.495. The Hall–Kier alpha value is -0.910. The molecule has 5 heteroatoms. The van der Waals surface area contributed by atoms with E-state index >= 15 is 0 Å². The van der Waals surface area contributed by atoms with Crippen LogP contribution in [0.5, 0.6) is 0 Å². The summed E-state index contributed by atoms with van der Waals surface area (Å²) >= 11 is 0. The second-order valence-corrected chi connectivity index (χ2v) is 7.38. The van der Waals surface area contributed by atoms with Gasteiger partial charge in [-0.3, -0.25) is 5.32 Å². The molecular formula is C14H23NO3S. The summed E-state index contributed by atoms with van der Waals surface area (Å²) in [6, 6.07) is 6.82. The maximum Gasteiger partial charge on any atom is 0.194 e. The van der Waals surface area contributed by atoms with E-state index in [1.165, 1.54) is 0 Å². The molecule has 0 spiro atoms. The van der Waals surface area contributed by atoms with E-state index in [-0.39, 0.29) is 17.4 Å². The summed E-state index contributed by atoms with van der Waals surface area (Å²) in [5, 5.41) is 11.7. The lowest BCUT2D eigenvalue weighted by Crippen LogP contribution is -2.42. The van der Waals surface area contributed by atoms with Crippen molar-refractivity contribution in [3.8, 4) is 0 Å². The number of aliphatic hydroxyl groups is 1. The highest BCUT2D eigenvalue weighted by Crippen LogP contribution is 2.19. The molecule has 0 saturated heterocycles. The van der Waals surface area contributed by atoms with Gasteiger partial charge in [0, 0.05) is 12.5 Å². The summed E-state index contributed by atoms with van der Waals surface area (Å²) in [4.78, 5) is 0.289. The van der Waals surface area contributed by atoms with Crippen LogP contribution in [0.15, 0.2) is 29.2 Å². The molecule has 0 radical (unpaired) electrons.